The lowest BCUT2D eigenvalue weighted by Gasteiger charge is -2.19. The Labute approximate surface area is 275 Å². The number of nitriles is 1. The molecule has 0 radical (unpaired) electrons. The fraction of sp³-hybridized carbons (Fsp3) is 0. The fourth-order valence-corrected chi connectivity index (χ4v) is 7.28. The van der Waals surface area contributed by atoms with Gasteiger partial charge in [0.25, 0.3) is 0 Å². The van der Waals surface area contributed by atoms with Crippen LogP contribution < -0.4 is 0 Å². The Morgan fingerprint density at radius 3 is 1.58 bits per heavy atom. The van der Waals surface area contributed by atoms with Crippen LogP contribution in [0.3, 0.4) is 0 Å². The molecule has 6 heteroatoms. The molecule has 0 unspecified atom stereocenters. The number of rotatable bonds is 4. The number of benzene rings is 5. The van der Waals surface area contributed by atoms with Crippen LogP contribution in [0.15, 0.2) is 146 Å². The van der Waals surface area contributed by atoms with Gasteiger partial charge in [0.2, 0.25) is 0 Å². The van der Waals surface area contributed by atoms with E-state index in [1.165, 1.54) is 0 Å². The highest BCUT2D eigenvalue weighted by atomic mass is 15.0. The van der Waals surface area contributed by atoms with Crippen molar-refractivity contribution in [2.45, 2.75) is 0 Å². The van der Waals surface area contributed by atoms with Gasteiger partial charge in [0.15, 0.2) is 5.69 Å². The van der Waals surface area contributed by atoms with E-state index in [2.05, 4.69) is 103 Å². The highest BCUT2D eigenvalue weighted by Gasteiger charge is 2.30. The lowest BCUT2D eigenvalue weighted by molar-refractivity contribution is 1.17. The quantitative estimate of drug-likeness (QED) is 0.186. The first-order chi connectivity index (χ1) is 23.8. The molecule has 5 aromatic carbocycles. The zero-order valence-corrected chi connectivity index (χ0v) is 25.5. The van der Waals surface area contributed by atoms with E-state index >= 15 is 0 Å². The van der Waals surface area contributed by atoms with Gasteiger partial charge in [0.1, 0.15) is 0 Å². The molecule has 0 fully saturated rings. The molecular weight excluding hydrogens is 589 g/mol. The van der Waals surface area contributed by atoms with E-state index in [0.29, 0.717) is 11.3 Å². The standard InChI is InChI=1S/C42H24N6/c1-44-34-21-23-46-26-33(34)40-38-31-17-9-11-19-36(31)47(28-12-4-2-5-13-28)41(38)39(32-25-45-22-20-27(32)24-43)37-30-16-8-10-18-35(30)48(42(37)40)29-14-6-3-7-15-29/h2-23,25-26H. The summed E-state index contributed by atoms with van der Waals surface area (Å²) in [6, 6.07) is 43.4. The van der Waals surface area contributed by atoms with Crippen LogP contribution in [0.5, 0.6) is 0 Å². The third-order valence-electron chi connectivity index (χ3n) is 9.15. The van der Waals surface area contributed by atoms with Gasteiger partial charge in [-0.3, -0.25) is 9.97 Å². The number of para-hydroxylation sites is 4. The first-order valence-electron chi connectivity index (χ1n) is 15.6. The number of hydrogen-bond acceptors (Lipinski definition) is 3. The largest absolute Gasteiger partial charge is 0.309 e. The van der Waals surface area contributed by atoms with E-state index < -0.39 is 0 Å². The molecular formula is C42H24N6. The predicted molar refractivity (Wildman–Crippen MR) is 193 cm³/mol. The summed E-state index contributed by atoms with van der Waals surface area (Å²) in [5, 5.41) is 14.5. The Hall–Kier alpha value is -7.02. The van der Waals surface area contributed by atoms with Crippen LogP contribution in [0.4, 0.5) is 5.69 Å². The third kappa shape index (κ3) is 3.84. The molecule has 222 valence electrons. The molecule has 4 aromatic heterocycles. The minimum Gasteiger partial charge on any atom is -0.309 e. The smallest absolute Gasteiger partial charge is 0.198 e. The van der Waals surface area contributed by atoms with Gasteiger partial charge < -0.3 is 9.13 Å². The summed E-state index contributed by atoms with van der Waals surface area (Å²) >= 11 is 0. The highest BCUT2D eigenvalue weighted by molar-refractivity contribution is 6.33. The number of fused-ring (bicyclic) bond motifs is 6. The van der Waals surface area contributed by atoms with Crippen LogP contribution in [0.25, 0.3) is 82.1 Å². The Bertz CT molecular complexity index is 2600. The van der Waals surface area contributed by atoms with E-state index in [9.17, 15) is 5.26 Å². The summed E-state index contributed by atoms with van der Waals surface area (Å²) < 4.78 is 4.58. The molecule has 4 heterocycles. The van der Waals surface area contributed by atoms with Crippen LogP contribution in [-0.4, -0.2) is 19.1 Å². The molecule has 0 atom stereocenters. The van der Waals surface area contributed by atoms with Crippen molar-refractivity contribution in [2.24, 2.45) is 0 Å². The average molecular weight is 613 g/mol. The van der Waals surface area contributed by atoms with Crippen molar-refractivity contribution >= 4 is 49.3 Å². The molecule has 48 heavy (non-hydrogen) atoms. The van der Waals surface area contributed by atoms with E-state index in [1.54, 1.807) is 24.5 Å². The lowest BCUT2D eigenvalue weighted by Crippen LogP contribution is -2.00. The maximum Gasteiger partial charge on any atom is 0.198 e. The van der Waals surface area contributed by atoms with Crippen molar-refractivity contribution in [2.75, 3.05) is 0 Å². The summed E-state index contributed by atoms with van der Waals surface area (Å²) in [5.74, 6) is 0. The van der Waals surface area contributed by atoms with E-state index in [1.807, 2.05) is 48.8 Å². The highest BCUT2D eigenvalue weighted by Crippen LogP contribution is 2.53. The first-order valence-corrected chi connectivity index (χ1v) is 15.6. The summed E-state index contributed by atoms with van der Waals surface area (Å²) in [4.78, 5) is 13.2. The molecule has 0 saturated heterocycles. The van der Waals surface area contributed by atoms with Crippen molar-refractivity contribution in [3.8, 4) is 39.7 Å². The SMILES string of the molecule is [C-]#[N+]c1ccncc1-c1c2c3ccccc3n(-c3ccccc3)c2c(-c2cnccc2C#N)c2c3ccccc3n(-c3ccccc3)c12. The maximum absolute atomic E-state index is 10.5. The minimum atomic E-state index is 0.515. The zero-order valence-electron chi connectivity index (χ0n) is 25.5. The zero-order chi connectivity index (χ0) is 32.2. The topological polar surface area (TPSA) is 63.8 Å². The molecule has 0 amide bonds. The number of hydrogen-bond donors (Lipinski definition) is 0. The van der Waals surface area contributed by atoms with Crippen molar-refractivity contribution in [1.29, 1.82) is 5.26 Å². The molecule has 6 nitrogen and oxygen atoms in total. The van der Waals surface area contributed by atoms with Gasteiger partial charge in [-0.25, -0.2) is 4.85 Å². The van der Waals surface area contributed by atoms with Crippen molar-refractivity contribution < 1.29 is 0 Å². The maximum atomic E-state index is 10.5. The van der Waals surface area contributed by atoms with Crippen molar-refractivity contribution in [3.63, 3.8) is 0 Å². The van der Waals surface area contributed by atoms with Crippen LogP contribution in [-0.2, 0) is 0 Å². The molecule has 0 aliphatic carbocycles. The van der Waals surface area contributed by atoms with Crippen LogP contribution in [0.1, 0.15) is 5.56 Å². The van der Waals surface area contributed by atoms with Crippen molar-refractivity contribution in [1.82, 2.24) is 19.1 Å². The molecule has 0 aliphatic heterocycles. The molecule has 9 aromatic rings. The van der Waals surface area contributed by atoms with E-state index in [-0.39, 0.29) is 0 Å². The third-order valence-corrected chi connectivity index (χ3v) is 9.15. The van der Waals surface area contributed by atoms with Gasteiger partial charge in [-0.05, 0) is 48.5 Å². The van der Waals surface area contributed by atoms with Crippen LogP contribution >= 0.6 is 0 Å². The molecule has 0 bridgehead atoms. The molecule has 0 N–H and O–H groups in total. The molecule has 0 saturated carbocycles. The Morgan fingerprint density at radius 2 is 1.04 bits per heavy atom. The second kappa shape index (κ2) is 10.8. The van der Waals surface area contributed by atoms with E-state index in [0.717, 1.165) is 77.2 Å². The van der Waals surface area contributed by atoms with Crippen LogP contribution in [0.2, 0.25) is 0 Å². The first kappa shape index (κ1) is 27.3. The second-order valence-corrected chi connectivity index (χ2v) is 11.6. The number of nitrogens with zero attached hydrogens (tertiary/aromatic N) is 6. The van der Waals surface area contributed by atoms with Gasteiger partial charge in [-0.1, -0.05) is 72.8 Å². The summed E-state index contributed by atoms with van der Waals surface area (Å²) in [5.41, 5.74) is 10.2. The Morgan fingerprint density at radius 1 is 0.562 bits per heavy atom. The number of pyridine rings is 2. The van der Waals surface area contributed by atoms with E-state index in [4.69, 9.17) is 6.57 Å². The Balaban J connectivity index is 1.71. The van der Waals surface area contributed by atoms with Gasteiger partial charge in [0, 0.05) is 80.0 Å². The fourth-order valence-electron chi connectivity index (χ4n) is 7.28. The average Bonchev–Trinajstić information content (AvgIpc) is 3.68. The molecule has 0 aliphatic rings. The normalized spacial score (nSPS) is 11.3. The molecule has 0 spiro atoms. The van der Waals surface area contributed by atoms with Crippen molar-refractivity contribution in [3.05, 3.63) is 163 Å². The second-order valence-electron chi connectivity index (χ2n) is 11.6. The minimum absolute atomic E-state index is 0.515. The van der Waals surface area contributed by atoms with Gasteiger partial charge in [-0.15, -0.1) is 0 Å². The lowest BCUT2D eigenvalue weighted by atomic mass is 9.89. The summed E-state index contributed by atoms with van der Waals surface area (Å²) in [6.07, 6.45) is 6.97. The summed E-state index contributed by atoms with van der Waals surface area (Å²) in [6.45, 7) is 8.25. The van der Waals surface area contributed by atoms with Gasteiger partial charge in [-0.2, -0.15) is 5.26 Å². The Kier molecular flexibility index (Phi) is 6.15. The van der Waals surface area contributed by atoms with Gasteiger partial charge in [0.05, 0.1) is 40.3 Å². The monoisotopic (exact) mass is 612 g/mol. The number of aromatic nitrogens is 4. The van der Waals surface area contributed by atoms with Gasteiger partial charge >= 0.3 is 0 Å². The predicted octanol–water partition coefficient (Wildman–Crippen LogP) is 10.4. The van der Waals surface area contributed by atoms with Crippen LogP contribution in [0, 0.1) is 17.9 Å². The molecule has 9 rings (SSSR count). The summed E-state index contributed by atoms with van der Waals surface area (Å²) in [7, 11) is 0.